The van der Waals surface area contributed by atoms with Crippen LogP contribution in [0, 0.1) is 0 Å². The van der Waals surface area contributed by atoms with E-state index >= 15 is 0 Å². The smallest absolute Gasteiger partial charge is 0.323 e. The van der Waals surface area contributed by atoms with Crippen LogP contribution in [-0.4, -0.2) is 34.8 Å². The van der Waals surface area contributed by atoms with Crippen molar-refractivity contribution in [1.82, 2.24) is 14.5 Å². The summed E-state index contributed by atoms with van der Waals surface area (Å²) >= 11 is 3.41. The predicted molar refractivity (Wildman–Crippen MR) is 127 cm³/mol. The van der Waals surface area contributed by atoms with Gasteiger partial charge in [0.2, 0.25) is 0 Å². The first-order valence-corrected chi connectivity index (χ1v) is 10.4. The van der Waals surface area contributed by atoms with Crippen LogP contribution in [0.4, 0.5) is 16.2 Å². The Hall–Kier alpha value is -3.85. The maximum Gasteiger partial charge on any atom is 0.323 e. The Morgan fingerprint density at radius 3 is 2.34 bits per heavy atom. The Morgan fingerprint density at radius 2 is 1.66 bits per heavy atom. The summed E-state index contributed by atoms with van der Waals surface area (Å²) in [6.07, 6.45) is 7.10. The zero-order chi connectivity index (χ0) is 22.5. The molecule has 32 heavy (non-hydrogen) atoms. The number of amides is 2. The molecule has 0 saturated heterocycles. The van der Waals surface area contributed by atoms with Crippen LogP contribution in [0.15, 0.2) is 77.8 Å². The van der Waals surface area contributed by atoms with Gasteiger partial charge in [-0.3, -0.25) is 9.55 Å². The molecule has 2 amide bonds. The van der Waals surface area contributed by atoms with Crippen molar-refractivity contribution in [2.45, 2.75) is 0 Å². The normalized spacial score (nSPS) is 10.5. The molecule has 162 valence electrons. The molecule has 2 N–H and O–H groups in total. The SMILES string of the molecule is COc1cc(OC)c(NC(=O)Nc2ccc(-n3ccnc3-c3ccncc3)cc2)cc1Br. The molecule has 9 heteroatoms. The van der Waals surface area contributed by atoms with Gasteiger partial charge in [0, 0.05) is 47.8 Å². The molecular weight excluding hydrogens is 474 g/mol. The van der Waals surface area contributed by atoms with Crippen molar-refractivity contribution >= 4 is 33.3 Å². The monoisotopic (exact) mass is 493 g/mol. The number of methoxy groups -OCH3 is 2. The highest BCUT2D eigenvalue weighted by molar-refractivity contribution is 9.10. The molecule has 0 aliphatic heterocycles. The second-order valence-corrected chi connectivity index (χ2v) is 7.52. The summed E-state index contributed by atoms with van der Waals surface area (Å²) in [5.41, 5.74) is 3.03. The Bertz CT molecular complexity index is 1230. The van der Waals surface area contributed by atoms with Gasteiger partial charge in [-0.25, -0.2) is 9.78 Å². The van der Waals surface area contributed by atoms with E-state index in [9.17, 15) is 4.79 Å². The van der Waals surface area contributed by atoms with E-state index in [4.69, 9.17) is 9.47 Å². The third-order valence-corrected chi connectivity index (χ3v) is 5.32. The standard InChI is InChI=1S/C23H20BrN5O3/c1-31-20-14-21(32-2)19(13-18(20)24)28-23(30)27-16-3-5-17(6-4-16)29-12-11-26-22(29)15-7-9-25-10-8-15/h3-14H,1-2H3,(H2,27,28,30). The fourth-order valence-electron chi connectivity index (χ4n) is 3.17. The molecule has 0 aliphatic rings. The van der Waals surface area contributed by atoms with Crippen LogP contribution in [0.1, 0.15) is 0 Å². The van der Waals surface area contributed by atoms with Gasteiger partial charge in [-0.15, -0.1) is 0 Å². The van der Waals surface area contributed by atoms with Crippen molar-refractivity contribution in [1.29, 1.82) is 0 Å². The lowest BCUT2D eigenvalue weighted by Crippen LogP contribution is -2.19. The second kappa shape index (κ2) is 9.52. The van der Waals surface area contributed by atoms with E-state index in [-0.39, 0.29) is 0 Å². The molecule has 0 fully saturated rings. The number of hydrogen-bond acceptors (Lipinski definition) is 5. The number of carbonyl (C=O) groups excluding carboxylic acids is 1. The zero-order valence-electron chi connectivity index (χ0n) is 17.4. The van der Waals surface area contributed by atoms with E-state index in [1.165, 1.54) is 7.11 Å². The number of anilines is 2. The Balaban J connectivity index is 1.48. The number of benzene rings is 2. The van der Waals surface area contributed by atoms with E-state index in [2.05, 4.69) is 36.5 Å². The Morgan fingerprint density at radius 1 is 0.938 bits per heavy atom. The van der Waals surface area contributed by atoms with Crippen LogP contribution in [0.3, 0.4) is 0 Å². The van der Waals surface area contributed by atoms with Crippen LogP contribution in [0.5, 0.6) is 11.5 Å². The number of urea groups is 1. The molecule has 0 unspecified atom stereocenters. The summed E-state index contributed by atoms with van der Waals surface area (Å²) in [5, 5.41) is 5.62. The molecule has 0 radical (unpaired) electrons. The van der Waals surface area contributed by atoms with E-state index < -0.39 is 6.03 Å². The summed E-state index contributed by atoms with van der Waals surface area (Å²) in [6, 6.07) is 14.3. The molecule has 0 aliphatic carbocycles. The molecule has 0 bridgehead atoms. The van der Waals surface area contributed by atoms with Gasteiger partial charge in [0.05, 0.1) is 24.4 Å². The minimum atomic E-state index is -0.395. The molecule has 2 aromatic heterocycles. The summed E-state index contributed by atoms with van der Waals surface area (Å²) in [6.45, 7) is 0. The summed E-state index contributed by atoms with van der Waals surface area (Å²) < 4.78 is 13.3. The van der Waals surface area contributed by atoms with Crippen molar-refractivity contribution in [2.24, 2.45) is 0 Å². The molecule has 0 spiro atoms. The van der Waals surface area contributed by atoms with Gasteiger partial charge in [-0.1, -0.05) is 0 Å². The van der Waals surface area contributed by atoms with E-state index in [1.54, 1.807) is 37.8 Å². The lowest BCUT2D eigenvalue weighted by molar-refractivity contribution is 0.262. The number of nitrogens with one attached hydrogen (secondary N) is 2. The number of ether oxygens (including phenoxy) is 2. The van der Waals surface area contributed by atoms with Crippen molar-refractivity contribution in [3.05, 3.63) is 77.8 Å². The van der Waals surface area contributed by atoms with Crippen LogP contribution < -0.4 is 20.1 Å². The van der Waals surface area contributed by atoms with Crippen molar-refractivity contribution in [3.8, 4) is 28.6 Å². The highest BCUT2D eigenvalue weighted by atomic mass is 79.9. The summed E-state index contributed by atoms with van der Waals surface area (Å²) in [7, 11) is 3.09. The van der Waals surface area contributed by atoms with Gasteiger partial charge >= 0.3 is 6.03 Å². The molecule has 2 aromatic carbocycles. The molecule has 0 atom stereocenters. The molecule has 2 heterocycles. The minimum Gasteiger partial charge on any atom is -0.495 e. The van der Waals surface area contributed by atoms with Gasteiger partial charge in [0.15, 0.2) is 0 Å². The van der Waals surface area contributed by atoms with Gasteiger partial charge < -0.3 is 20.1 Å². The number of hydrogen-bond donors (Lipinski definition) is 2. The molecule has 4 aromatic rings. The van der Waals surface area contributed by atoms with E-state index in [1.807, 2.05) is 47.2 Å². The quantitative estimate of drug-likeness (QED) is 0.377. The van der Waals surface area contributed by atoms with E-state index in [0.29, 0.717) is 27.3 Å². The average Bonchev–Trinajstić information content (AvgIpc) is 3.30. The number of halogens is 1. The van der Waals surface area contributed by atoms with Crippen LogP contribution in [0.2, 0.25) is 0 Å². The molecule has 4 rings (SSSR count). The number of carbonyl (C=O) groups is 1. The third-order valence-electron chi connectivity index (χ3n) is 4.70. The maximum absolute atomic E-state index is 12.5. The maximum atomic E-state index is 12.5. The predicted octanol–water partition coefficient (Wildman–Crippen LogP) is 5.36. The molecule has 8 nitrogen and oxygen atoms in total. The van der Waals surface area contributed by atoms with Gasteiger partial charge in [0.1, 0.15) is 17.3 Å². The number of imidazole rings is 1. The van der Waals surface area contributed by atoms with Crippen LogP contribution >= 0.6 is 15.9 Å². The van der Waals surface area contributed by atoms with E-state index in [0.717, 1.165) is 17.1 Å². The summed E-state index contributed by atoms with van der Waals surface area (Å²) in [5.74, 6) is 1.90. The average molecular weight is 494 g/mol. The number of pyridine rings is 1. The fraction of sp³-hybridized carbons (Fsp3) is 0.0870. The first-order chi connectivity index (χ1) is 15.6. The van der Waals surface area contributed by atoms with Gasteiger partial charge in [0.25, 0.3) is 0 Å². The van der Waals surface area contributed by atoms with Crippen molar-refractivity contribution in [2.75, 3.05) is 24.9 Å². The van der Waals surface area contributed by atoms with Crippen molar-refractivity contribution in [3.63, 3.8) is 0 Å². The summed E-state index contributed by atoms with van der Waals surface area (Å²) in [4.78, 5) is 21.0. The number of nitrogens with zero attached hydrogens (tertiary/aromatic N) is 3. The first-order valence-electron chi connectivity index (χ1n) is 9.62. The third kappa shape index (κ3) is 4.57. The minimum absolute atomic E-state index is 0.395. The second-order valence-electron chi connectivity index (χ2n) is 6.67. The van der Waals surface area contributed by atoms with Crippen LogP contribution in [0.25, 0.3) is 17.1 Å². The zero-order valence-corrected chi connectivity index (χ0v) is 19.0. The highest BCUT2D eigenvalue weighted by Gasteiger charge is 2.13. The van der Waals surface area contributed by atoms with Crippen LogP contribution in [-0.2, 0) is 0 Å². The molecule has 0 saturated carbocycles. The Labute approximate surface area is 193 Å². The van der Waals surface area contributed by atoms with Gasteiger partial charge in [-0.2, -0.15) is 0 Å². The number of rotatable bonds is 6. The van der Waals surface area contributed by atoms with Gasteiger partial charge in [-0.05, 0) is 58.4 Å². The molecular formula is C23H20BrN5O3. The van der Waals surface area contributed by atoms with Crippen molar-refractivity contribution < 1.29 is 14.3 Å². The number of aromatic nitrogens is 3. The fourth-order valence-corrected chi connectivity index (χ4v) is 3.68. The largest absolute Gasteiger partial charge is 0.495 e. The first kappa shape index (κ1) is 21.4. The lowest BCUT2D eigenvalue weighted by Gasteiger charge is -2.14. The Kier molecular flexibility index (Phi) is 6.37. The lowest BCUT2D eigenvalue weighted by atomic mass is 10.2. The topological polar surface area (TPSA) is 90.3 Å². The highest BCUT2D eigenvalue weighted by Crippen LogP contribution is 2.36.